The number of nitrogens with zero attached hydrogens (tertiary/aromatic N) is 2. The van der Waals surface area contributed by atoms with E-state index in [1.165, 1.54) is 30.5 Å². The number of ether oxygens (including phenoxy) is 1. The highest BCUT2D eigenvalue weighted by molar-refractivity contribution is 5.95. The number of hydrogen-bond donors (Lipinski definition) is 2. The van der Waals surface area contributed by atoms with Crippen LogP contribution in [0.25, 0.3) is 10.9 Å². The number of nitrogens with one attached hydrogen (secondary N) is 1. The molecule has 1 saturated carbocycles. The van der Waals surface area contributed by atoms with Crippen molar-refractivity contribution in [2.24, 2.45) is 11.7 Å². The Balaban J connectivity index is 0.00000274. The Morgan fingerprint density at radius 1 is 1.29 bits per heavy atom. The van der Waals surface area contributed by atoms with Crippen LogP contribution in [0.4, 0.5) is 4.39 Å². The maximum Gasteiger partial charge on any atom is 0.249 e. The average Bonchev–Trinajstić information content (AvgIpc) is 3.56. The fraction of sp³-hybridized carbons (Fsp3) is 0.385. The minimum Gasteiger partial charge on any atom is -0.489 e. The molecule has 0 saturated heterocycles. The van der Waals surface area contributed by atoms with Gasteiger partial charge in [-0.3, -0.25) is 9.69 Å². The second-order valence-corrected chi connectivity index (χ2v) is 9.16. The van der Waals surface area contributed by atoms with Gasteiger partial charge in [-0.15, -0.1) is 12.4 Å². The number of aromatic nitrogens is 1. The average molecular weight is 483 g/mol. The van der Waals surface area contributed by atoms with E-state index in [-0.39, 0.29) is 24.2 Å². The summed E-state index contributed by atoms with van der Waals surface area (Å²) in [5.41, 5.74) is 9.38. The third kappa shape index (κ3) is 4.89. The first kappa shape index (κ1) is 24.1. The van der Waals surface area contributed by atoms with Crippen molar-refractivity contribution in [3.8, 4) is 11.8 Å². The van der Waals surface area contributed by atoms with Crippen molar-refractivity contribution in [2.45, 2.75) is 38.1 Å². The molecule has 0 spiro atoms. The molecule has 0 radical (unpaired) electrons. The number of benzene rings is 2. The molecule has 1 aromatic heterocycles. The minimum absolute atomic E-state index is 0. The van der Waals surface area contributed by atoms with Crippen molar-refractivity contribution in [2.75, 3.05) is 19.7 Å². The number of fused-ring (bicyclic) bond motifs is 2. The Kier molecular flexibility index (Phi) is 7.11. The molecule has 6 nitrogen and oxygen atoms in total. The first-order valence-corrected chi connectivity index (χ1v) is 11.5. The van der Waals surface area contributed by atoms with Crippen molar-refractivity contribution < 1.29 is 13.9 Å². The van der Waals surface area contributed by atoms with Gasteiger partial charge in [0.25, 0.3) is 0 Å². The van der Waals surface area contributed by atoms with E-state index in [2.05, 4.69) is 16.0 Å². The number of hydrogen-bond acceptors (Lipinski definition) is 4. The van der Waals surface area contributed by atoms with Gasteiger partial charge in [0, 0.05) is 40.8 Å². The fourth-order valence-electron chi connectivity index (χ4n) is 4.88. The zero-order valence-electron chi connectivity index (χ0n) is 18.9. The van der Waals surface area contributed by atoms with Gasteiger partial charge in [-0.2, -0.15) is 5.26 Å². The molecule has 3 aromatic rings. The van der Waals surface area contributed by atoms with Crippen LogP contribution in [0.1, 0.15) is 46.3 Å². The topological polar surface area (TPSA) is 95.1 Å². The predicted molar refractivity (Wildman–Crippen MR) is 131 cm³/mol. The number of rotatable bonds is 8. The monoisotopic (exact) mass is 482 g/mol. The molecule has 8 heteroatoms. The van der Waals surface area contributed by atoms with Crippen molar-refractivity contribution >= 4 is 29.2 Å². The summed E-state index contributed by atoms with van der Waals surface area (Å²) in [6.07, 6.45) is 6.89. The van der Waals surface area contributed by atoms with Gasteiger partial charge >= 0.3 is 0 Å². The zero-order valence-corrected chi connectivity index (χ0v) is 19.7. The summed E-state index contributed by atoms with van der Waals surface area (Å²) in [4.78, 5) is 17.6. The molecule has 34 heavy (non-hydrogen) atoms. The fourth-order valence-corrected chi connectivity index (χ4v) is 4.88. The van der Waals surface area contributed by atoms with Crippen molar-refractivity contribution in [1.82, 2.24) is 9.88 Å². The van der Waals surface area contributed by atoms with E-state index >= 15 is 0 Å². The Morgan fingerprint density at radius 2 is 2.12 bits per heavy atom. The third-order valence-electron chi connectivity index (χ3n) is 6.83. The molecule has 2 aromatic carbocycles. The summed E-state index contributed by atoms with van der Waals surface area (Å²) >= 11 is 0. The van der Waals surface area contributed by atoms with Gasteiger partial charge in [0.2, 0.25) is 5.91 Å². The Morgan fingerprint density at radius 3 is 2.85 bits per heavy atom. The molecule has 1 aliphatic heterocycles. The van der Waals surface area contributed by atoms with E-state index in [1.807, 2.05) is 24.4 Å². The Hall–Kier alpha value is -3.08. The number of nitrogens with two attached hydrogens (primary N) is 1. The second kappa shape index (κ2) is 10.0. The molecule has 178 valence electrons. The summed E-state index contributed by atoms with van der Waals surface area (Å²) in [6.45, 7) is 2.26. The van der Waals surface area contributed by atoms with Gasteiger partial charge in [0.1, 0.15) is 6.61 Å². The third-order valence-corrected chi connectivity index (χ3v) is 6.83. The summed E-state index contributed by atoms with van der Waals surface area (Å²) < 4.78 is 20.1. The van der Waals surface area contributed by atoms with E-state index < -0.39 is 11.7 Å². The molecular formula is C26H28ClFN4O2. The van der Waals surface area contributed by atoms with E-state index in [0.717, 1.165) is 36.8 Å². The molecule has 0 unspecified atom stereocenters. The van der Waals surface area contributed by atoms with Gasteiger partial charge in [0.05, 0.1) is 11.6 Å². The maximum atomic E-state index is 14.3. The second-order valence-electron chi connectivity index (χ2n) is 9.16. The van der Waals surface area contributed by atoms with Crippen LogP contribution < -0.4 is 10.5 Å². The number of aryl methyl sites for hydroxylation is 1. The Labute approximate surface area is 204 Å². The van der Waals surface area contributed by atoms with Crippen LogP contribution in [0.3, 0.4) is 0 Å². The maximum absolute atomic E-state index is 14.3. The van der Waals surface area contributed by atoms with Crippen LogP contribution in [0.5, 0.6) is 5.75 Å². The molecule has 5 rings (SSSR count). The highest BCUT2D eigenvalue weighted by Crippen LogP contribution is 2.35. The minimum atomic E-state index is -0.555. The number of primary amides is 1. The van der Waals surface area contributed by atoms with Gasteiger partial charge in [-0.25, -0.2) is 4.39 Å². The van der Waals surface area contributed by atoms with Crippen LogP contribution in [0, 0.1) is 23.1 Å². The predicted octanol–water partition coefficient (Wildman–Crippen LogP) is 4.35. The van der Waals surface area contributed by atoms with Crippen molar-refractivity contribution in [3.05, 3.63) is 64.6 Å². The van der Waals surface area contributed by atoms with E-state index in [1.54, 1.807) is 0 Å². The highest BCUT2D eigenvalue weighted by Gasteiger charge is 2.33. The lowest BCUT2D eigenvalue weighted by atomic mass is 9.95. The van der Waals surface area contributed by atoms with E-state index in [9.17, 15) is 14.4 Å². The van der Waals surface area contributed by atoms with Gasteiger partial charge < -0.3 is 15.5 Å². The molecule has 1 aliphatic carbocycles. The first-order valence-electron chi connectivity index (χ1n) is 11.5. The number of H-pyrrole nitrogens is 1. The number of carbonyl (C=O) groups is 1. The van der Waals surface area contributed by atoms with Gasteiger partial charge in [0.15, 0.2) is 11.6 Å². The number of carbonyl (C=O) groups excluding carboxylic acids is 1. The lowest BCUT2D eigenvalue weighted by Crippen LogP contribution is -2.45. The lowest BCUT2D eigenvalue weighted by molar-refractivity contribution is 0.0980. The molecule has 3 N–H and O–H groups in total. The van der Waals surface area contributed by atoms with Crippen molar-refractivity contribution in [3.63, 3.8) is 0 Å². The molecule has 1 atom stereocenters. The molecule has 2 aliphatic rings. The molecule has 1 amide bonds. The summed E-state index contributed by atoms with van der Waals surface area (Å²) in [5, 5.41) is 10.3. The SMILES string of the molecule is Cl.N#Cc1ccc2[nH]cc(CCCN(CC3CC3)[C@H]3COc4c(F)ccc(C(N)=O)c4C3)c2c1. The normalized spacial score (nSPS) is 17.0. The van der Waals surface area contributed by atoms with Crippen LogP contribution in [-0.2, 0) is 12.8 Å². The number of aromatic amines is 1. The first-order chi connectivity index (χ1) is 16.0. The molecule has 0 bridgehead atoms. The molecular weight excluding hydrogens is 455 g/mol. The van der Waals surface area contributed by atoms with E-state index in [4.69, 9.17) is 10.5 Å². The number of nitriles is 1. The zero-order chi connectivity index (χ0) is 22.9. The smallest absolute Gasteiger partial charge is 0.249 e. The number of amides is 1. The lowest BCUT2D eigenvalue weighted by Gasteiger charge is -2.36. The van der Waals surface area contributed by atoms with Crippen LogP contribution >= 0.6 is 12.4 Å². The summed E-state index contributed by atoms with van der Waals surface area (Å²) in [5.74, 6) is -0.139. The van der Waals surface area contributed by atoms with Gasteiger partial charge in [-0.1, -0.05) is 0 Å². The largest absolute Gasteiger partial charge is 0.489 e. The van der Waals surface area contributed by atoms with E-state index in [0.29, 0.717) is 35.6 Å². The Bertz CT molecular complexity index is 1250. The van der Waals surface area contributed by atoms with Crippen LogP contribution in [0.2, 0.25) is 0 Å². The quantitative estimate of drug-likeness (QED) is 0.499. The molecule has 1 fully saturated rings. The van der Waals surface area contributed by atoms with Gasteiger partial charge in [-0.05, 0) is 80.5 Å². The summed E-state index contributed by atoms with van der Waals surface area (Å²) in [7, 11) is 0. The number of halogens is 2. The standard InChI is InChI=1S/C26H27FN4O2.ClH/c27-23-7-6-20(26(29)32)22-11-19(15-33-25(22)23)31(14-16-3-4-16)9-1-2-18-13-30-24-8-5-17(12-28)10-21(18)24;/h5-8,10,13,16,19,30H,1-4,9,11,14-15H2,(H2,29,32);1H/t19-;/m1./s1. The van der Waals surface area contributed by atoms with Crippen LogP contribution in [0.15, 0.2) is 36.5 Å². The highest BCUT2D eigenvalue weighted by atomic mass is 35.5. The summed E-state index contributed by atoms with van der Waals surface area (Å²) in [6, 6.07) is 10.7. The van der Waals surface area contributed by atoms with Crippen LogP contribution in [-0.4, -0.2) is 41.5 Å². The molecule has 2 heterocycles. The van der Waals surface area contributed by atoms with Crippen molar-refractivity contribution in [1.29, 1.82) is 5.26 Å².